The zero-order valence-electron chi connectivity index (χ0n) is 7.21. The van der Waals surface area contributed by atoms with E-state index in [-0.39, 0.29) is 12.1 Å². The average molecular weight is 183 g/mol. The Hall–Kier alpha value is -1.42. The molecule has 13 heavy (non-hydrogen) atoms. The van der Waals surface area contributed by atoms with Crippen molar-refractivity contribution in [3.05, 3.63) is 35.1 Å². The van der Waals surface area contributed by atoms with Crippen LogP contribution in [0.3, 0.4) is 0 Å². The lowest BCUT2D eigenvalue weighted by Gasteiger charge is -2.02. The third-order valence-electron chi connectivity index (χ3n) is 1.67. The molecule has 2 N–H and O–H groups in total. The van der Waals surface area contributed by atoms with Crippen molar-refractivity contribution >= 4 is 5.97 Å². The van der Waals surface area contributed by atoms with Crippen molar-refractivity contribution in [2.45, 2.75) is 6.54 Å². The summed E-state index contributed by atoms with van der Waals surface area (Å²) in [6, 6.07) is 4.12. The molecule has 0 saturated carbocycles. The summed E-state index contributed by atoms with van der Waals surface area (Å²) in [5, 5.41) is 0. The van der Waals surface area contributed by atoms with Crippen LogP contribution in [0.5, 0.6) is 0 Å². The average Bonchev–Trinajstić information content (AvgIpc) is 2.17. The van der Waals surface area contributed by atoms with Gasteiger partial charge in [0.25, 0.3) is 0 Å². The quantitative estimate of drug-likeness (QED) is 0.698. The molecular formula is C9H10FNO2. The first-order valence-corrected chi connectivity index (χ1v) is 3.76. The number of halogens is 1. The molecule has 0 aromatic heterocycles. The molecule has 0 aliphatic rings. The molecule has 0 saturated heterocycles. The Balaban J connectivity index is 3.11. The van der Waals surface area contributed by atoms with E-state index in [0.29, 0.717) is 5.56 Å². The van der Waals surface area contributed by atoms with E-state index in [4.69, 9.17) is 5.73 Å². The molecular weight excluding hydrogens is 173 g/mol. The van der Waals surface area contributed by atoms with Crippen LogP contribution >= 0.6 is 0 Å². The van der Waals surface area contributed by atoms with Gasteiger partial charge in [-0.15, -0.1) is 0 Å². The van der Waals surface area contributed by atoms with Gasteiger partial charge in [0.1, 0.15) is 5.82 Å². The molecule has 1 aromatic rings. The van der Waals surface area contributed by atoms with E-state index in [0.717, 1.165) is 0 Å². The maximum Gasteiger partial charge on any atom is 0.340 e. The Morgan fingerprint density at radius 3 is 2.85 bits per heavy atom. The van der Waals surface area contributed by atoms with Crippen molar-refractivity contribution in [3.8, 4) is 0 Å². The van der Waals surface area contributed by atoms with E-state index in [1.807, 2.05) is 0 Å². The fraction of sp³-hybridized carbons (Fsp3) is 0.222. The van der Waals surface area contributed by atoms with Gasteiger partial charge in [-0.1, -0.05) is 6.07 Å². The first-order valence-electron chi connectivity index (χ1n) is 3.76. The molecule has 1 aromatic carbocycles. The maximum atomic E-state index is 13.0. The minimum atomic E-state index is -0.687. The van der Waals surface area contributed by atoms with Gasteiger partial charge in [-0.25, -0.2) is 9.18 Å². The van der Waals surface area contributed by atoms with Gasteiger partial charge in [-0.3, -0.25) is 0 Å². The maximum absolute atomic E-state index is 13.0. The molecule has 0 unspecified atom stereocenters. The number of methoxy groups -OCH3 is 1. The molecule has 0 amide bonds. The number of benzene rings is 1. The van der Waals surface area contributed by atoms with Gasteiger partial charge in [-0.05, 0) is 17.7 Å². The molecule has 0 aliphatic carbocycles. The SMILES string of the molecule is COC(=O)c1cc(CN)ccc1F. The number of hydrogen-bond acceptors (Lipinski definition) is 3. The normalized spacial score (nSPS) is 9.77. The molecule has 0 heterocycles. The molecule has 4 heteroatoms. The zero-order chi connectivity index (χ0) is 9.84. The van der Waals surface area contributed by atoms with Crippen molar-refractivity contribution < 1.29 is 13.9 Å². The Morgan fingerprint density at radius 2 is 2.31 bits per heavy atom. The second kappa shape index (κ2) is 4.00. The van der Waals surface area contributed by atoms with Crippen LogP contribution in [0.2, 0.25) is 0 Å². The molecule has 0 radical (unpaired) electrons. The standard InChI is InChI=1S/C9H10FNO2/c1-13-9(12)7-4-6(5-11)2-3-8(7)10/h2-4H,5,11H2,1H3. The topological polar surface area (TPSA) is 52.3 Å². The minimum absolute atomic E-state index is 0.0783. The van der Waals surface area contributed by atoms with Crippen molar-refractivity contribution in [2.75, 3.05) is 7.11 Å². The zero-order valence-corrected chi connectivity index (χ0v) is 7.21. The first kappa shape index (κ1) is 9.67. The fourth-order valence-electron chi connectivity index (χ4n) is 0.966. The number of nitrogens with two attached hydrogens (primary N) is 1. The van der Waals surface area contributed by atoms with Crippen molar-refractivity contribution in [2.24, 2.45) is 5.73 Å². The van der Waals surface area contributed by atoms with Gasteiger partial charge in [0.15, 0.2) is 0 Å². The molecule has 0 aliphatic heterocycles. The highest BCUT2D eigenvalue weighted by atomic mass is 19.1. The van der Waals surface area contributed by atoms with Crippen molar-refractivity contribution in [1.29, 1.82) is 0 Å². The number of esters is 1. The van der Waals surface area contributed by atoms with Gasteiger partial charge >= 0.3 is 5.97 Å². The van der Waals surface area contributed by atoms with E-state index in [2.05, 4.69) is 4.74 Å². The van der Waals surface area contributed by atoms with Gasteiger partial charge in [0.05, 0.1) is 12.7 Å². The number of ether oxygens (including phenoxy) is 1. The summed E-state index contributed by atoms with van der Waals surface area (Å²) in [6.45, 7) is 0.268. The Labute approximate surface area is 75.3 Å². The molecule has 0 bridgehead atoms. The summed E-state index contributed by atoms with van der Waals surface area (Å²) >= 11 is 0. The highest BCUT2D eigenvalue weighted by Gasteiger charge is 2.11. The summed E-state index contributed by atoms with van der Waals surface area (Å²) in [7, 11) is 1.21. The number of hydrogen-bond donors (Lipinski definition) is 1. The third kappa shape index (κ3) is 2.03. The van der Waals surface area contributed by atoms with Crippen molar-refractivity contribution in [3.63, 3.8) is 0 Å². The van der Waals surface area contributed by atoms with E-state index in [9.17, 15) is 9.18 Å². The highest BCUT2D eigenvalue weighted by molar-refractivity contribution is 5.89. The molecule has 0 atom stereocenters. The van der Waals surface area contributed by atoms with Crippen LogP contribution in [0.1, 0.15) is 15.9 Å². The van der Waals surface area contributed by atoms with Crippen LogP contribution in [0, 0.1) is 5.82 Å². The van der Waals surface area contributed by atoms with E-state index in [1.54, 1.807) is 0 Å². The molecule has 0 spiro atoms. The lowest BCUT2D eigenvalue weighted by molar-refractivity contribution is 0.0595. The number of carbonyl (C=O) groups is 1. The number of carbonyl (C=O) groups excluding carboxylic acids is 1. The second-order valence-electron chi connectivity index (χ2n) is 2.51. The Morgan fingerprint density at radius 1 is 1.62 bits per heavy atom. The molecule has 1 rings (SSSR count). The van der Waals surface area contributed by atoms with Gasteiger partial charge in [0.2, 0.25) is 0 Å². The monoisotopic (exact) mass is 183 g/mol. The van der Waals surface area contributed by atoms with Crippen LogP contribution < -0.4 is 5.73 Å². The summed E-state index contributed by atoms with van der Waals surface area (Å²) < 4.78 is 17.4. The van der Waals surface area contributed by atoms with E-state index >= 15 is 0 Å². The Bertz CT molecular complexity index is 325. The largest absolute Gasteiger partial charge is 0.465 e. The lowest BCUT2D eigenvalue weighted by atomic mass is 10.1. The predicted molar refractivity (Wildman–Crippen MR) is 45.6 cm³/mol. The van der Waals surface area contributed by atoms with Gasteiger partial charge in [-0.2, -0.15) is 0 Å². The van der Waals surface area contributed by atoms with E-state index in [1.165, 1.54) is 25.3 Å². The first-order chi connectivity index (χ1) is 6.19. The minimum Gasteiger partial charge on any atom is -0.465 e. The van der Waals surface area contributed by atoms with Crippen LogP contribution in [0.4, 0.5) is 4.39 Å². The summed E-state index contributed by atoms with van der Waals surface area (Å²) in [4.78, 5) is 11.0. The molecule has 70 valence electrons. The summed E-state index contributed by atoms with van der Waals surface area (Å²) in [6.07, 6.45) is 0. The summed E-state index contributed by atoms with van der Waals surface area (Å²) in [5.41, 5.74) is 5.95. The van der Waals surface area contributed by atoms with Gasteiger partial charge in [0, 0.05) is 6.54 Å². The second-order valence-corrected chi connectivity index (χ2v) is 2.51. The van der Waals surface area contributed by atoms with Crippen LogP contribution in [-0.2, 0) is 11.3 Å². The lowest BCUT2D eigenvalue weighted by Crippen LogP contribution is -2.06. The fourth-order valence-corrected chi connectivity index (χ4v) is 0.966. The van der Waals surface area contributed by atoms with Crippen LogP contribution in [0.15, 0.2) is 18.2 Å². The van der Waals surface area contributed by atoms with Crippen LogP contribution in [-0.4, -0.2) is 13.1 Å². The molecule has 3 nitrogen and oxygen atoms in total. The van der Waals surface area contributed by atoms with Crippen LogP contribution in [0.25, 0.3) is 0 Å². The Kier molecular flexibility index (Phi) is 2.97. The van der Waals surface area contributed by atoms with E-state index < -0.39 is 11.8 Å². The number of rotatable bonds is 2. The van der Waals surface area contributed by atoms with Crippen molar-refractivity contribution in [1.82, 2.24) is 0 Å². The summed E-state index contributed by atoms with van der Waals surface area (Å²) in [5.74, 6) is -1.28. The highest BCUT2D eigenvalue weighted by Crippen LogP contribution is 2.11. The predicted octanol–water partition coefficient (Wildman–Crippen LogP) is 1.07. The third-order valence-corrected chi connectivity index (χ3v) is 1.67. The van der Waals surface area contributed by atoms with Gasteiger partial charge < -0.3 is 10.5 Å². The smallest absolute Gasteiger partial charge is 0.340 e. The molecule has 0 fully saturated rings.